The molecule has 1 aromatic carbocycles. The first-order valence-corrected chi connectivity index (χ1v) is 4.68. The van der Waals surface area contributed by atoms with Crippen LogP contribution in [0.3, 0.4) is 0 Å². The largest absolute Gasteiger partial charge is 0.358 e. The molecule has 0 saturated carbocycles. The monoisotopic (exact) mass is 182 g/mol. The first-order valence-electron chi connectivity index (χ1n) is 4.68. The van der Waals surface area contributed by atoms with E-state index in [0.29, 0.717) is 0 Å². The Labute approximate surface area is 81.6 Å². The first-order chi connectivity index (χ1) is 6.84. The van der Waals surface area contributed by atoms with Crippen molar-refractivity contribution in [2.75, 3.05) is 0 Å². The highest BCUT2D eigenvalue weighted by Gasteiger charge is 2.01. The molecule has 2 nitrogen and oxygen atoms in total. The number of pyridine rings is 1. The van der Waals surface area contributed by atoms with Gasteiger partial charge < -0.3 is 4.98 Å². The molecule has 2 heterocycles. The molecule has 0 aliphatic carbocycles. The van der Waals surface area contributed by atoms with Crippen molar-refractivity contribution in [1.82, 2.24) is 9.97 Å². The van der Waals surface area contributed by atoms with Crippen LogP contribution in [0.25, 0.3) is 21.8 Å². The number of nitrogens with zero attached hydrogens (tertiary/aromatic N) is 1. The Hall–Kier alpha value is -1.83. The maximum Gasteiger partial charge on any atom is 0.0723 e. The average Bonchev–Trinajstić information content (AvgIpc) is 2.65. The molecule has 0 fully saturated rings. The average molecular weight is 182 g/mol. The minimum Gasteiger partial charge on any atom is -0.358 e. The van der Waals surface area contributed by atoms with E-state index in [9.17, 15) is 0 Å². The zero-order valence-corrected chi connectivity index (χ0v) is 7.91. The number of nitrogens with one attached hydrogen (secondary N) is 1. The SMILES string of the molecule is Cc1ccc2ccc3nccc3c2[nH]1. The highest BCUT2D eigenvalue weighted by molar-refractivity contribution is 6.03. The predicted molar refractivity (Wildman–Crippen MR) is 58.3 cm³/mol. The third kappa shape index (κ3) is 0.940. The van der Waals surface area contributed by atoms with E-state index < -0.39 is 0 Å². The summed E-state index contributed by atoms with van der Waals surface area (Å²) in [5.41, 5.74) is 3.41. The number of aryl methyl sites for hydroxylation is 1. The van der Waals surface area contributed by atoms with Crippen LogP contribution in [-0.4, -0.2) is 9.97 Å². The van der Waals surface area contributed by atoms with Crippen LogP contribution < -0.4 is 0 Å². The molecule has 0 bridgehead atoms. The number of benzene rings is 1. The lowest BCUT2D eigenvalue weighted by Crippen LogP contribution is -1.83. The second-order valence-corrected chi connectivity index (χ2v) is 3.55. The van der Waals surface area contributed by atoms with Crippen LogP contribution in [0.2, 0.25) is 0 Å². The normalized spacial score (nSPS) is 11.2. The standard InChI is InChI=1S/C12H10N2/c1-8-2-3-9-4-5-11-10(6-7-13-11)12(9)14-8/h2-7,14H,1H3. The van der Waals surface area contributed by atoms with Gasteiger partial charge in [-0.15, -0.1) is 0 Å². The summed E-state index contributed by atoms with van der Waals surface area (Å²) in [5.74, 6) is 0. The fourth-order valence-electron chi connectivity index (χ4n) is 1.83. The third-order valence-electron chi connectivity index (χ3n) is 2.54. The van der Waals surface area contributed by atoms with Crippen LogP contribution in [0.15, 0.2) is 36.5 Å². The maximum atomic E-state index is 4.28. The Bertz CT molecular complexity index is 608. The van der Waals surface area contributed by atoms with Crippen molar-refractivity contribution in [1.29, 1.82) is 0 Å². The van der Waals surface area contributed by atoms with E-state index in [2.05, 4.69) is 41.2 Å². The molecule has 3 aromatic rings. The quantitative estimate of drug-likeness (QED) is 0.568. The Morgan fingerprint density at radius 2 is 1.93 bits per heavy atom. The molecule has 3 rings (SSSR count). The number of hydrogen-bond acceptors (Lipinski definition) is 1. The summed E-state index contributed by atoms with van der Waals surface area (Å²) >= 11 is 0. The van der Waals surface area contributed by atoms with Gasteiger partial charge in [0.05, 0.1) is 11.0 Å². The topological polar surface area (TPSA) is 28.7 Å². The van der Waals surface area contributed by atoms with E-state index in [1.54, 1.807) is 0 Å². The summed E-state index contributed by atoms with van der Waals surface area (Å²) in [6.07, 6.45) is 1.85. The van der Waals surface area contributed by atoms with E-state index in [4.69, 9.17) is 0 Å². The molecule has 0 aliphatic rings. The van der Waals surface area contributed by atoms with Crippen molar-refractivity contribution in [3.05, 3.63) is 42.2 Å². The molecule has 0 radical (unpaired) electrons. The van der Waals surface area contributed by atoms with Crippen LogP contribution in [0.4, 0.5) is 0 Å². The number of aromatic nitrogens is 2. The molecule has 0 saturated heterocycles. The summed E-state index contributed by atoms with van der Waals surface area (Å²) in [5, 5.41) is 2.43. The van der Waals surface area contributed by atoms with Gasteiger partial charge in [0.25, 0.3) is 0 Å². The molecule has 68 valence electrons. The Kier molecular flexibility index (Phi) is 1.39. The van der Waals surface area contributed by atoms with Crippen molar-refractivity contribution >= 4 is 21.8 Å². The van der Waals surface area contributed by atoms with Crippen molar-refractivity contribution in [2.45, 2.75) is 6.92 Å². The first kappa shape index (κ1) is 7.56. The number of rotatable bonds is 0. The number of aromatic amines is 1. The summed E-state index contributed by atoms with van der Waals surface area (Å²) in [4.78, 5) is 7.66. The molecular formula is C12H10N2. The van der Waals surface area contributed by atoms with Crippen LogP contribution >= 0.6 is 0 Å². The van der Waals surface area contributed by atoms with Crippen molar-refractivity contribution < 1.29 is 0 Å². The fourth-order valence-corrected chi connectivity index (χ4v) is 1.83. The smallest absolute Gasteiger partial charge is 0.0723 e. The molecule has 0 spiro atoms. The van der Waals surface area contributed by atoms with Gasteiger partial charge in [-0.05, 0) is 30.5 Å². The summed E-state index contributed by atoms with van der Waals surface area (Å²) in [6, 6.07) is 10.4. The summed E-state index contributed by atoms with van der Waals surface area (Å²) in [7, 11) is 0. The van der Waals surface area contributed by atoms with E-state index in [-0.39, 0.29) is 0 Å². The lowest BCUT2D eigenvalue weighted by molar-refractivity contribution is 1.26. The lowest BCUT2D eigenvalue weighted by Gasteiger charge is -2.01. The number of fused-ring (bicyclic) bond motifs is 3. The minimum absolute atomic E-state index is 1.05. The van der Waals surface area contributed by atoms with Crippen LogP contribution in [0, 0.1) is 6.92 Å². The number of H-pyrrole nitrogens is 1. The van der Waals surface area contributed by atoms with E-state index in [0.717, 1.165) is 5.52 Å². The Morgan fingerprint density at radius 1 is 1.07 bits per heavy atom. The zero-order valence-electron chi connectivity index (χ0n) is 7.91. The van der Waals surface area contributed by atoms with Gasteiger partial charge in [-0.1, -0.05) is 12.1 Å². The zero-order chi connectivity index (χ0) is 9.54. The van der Waals surface area contributed by atoms with Gasteiger partial charge in [0.1, 0.15) is 0 Å². The molecule has 0 amide bonds. The molecule has 0 unspecified atom stereocenters. The molecule has 2 heteroatoms. The van der Waals surface area contributed by atoms with Gasteiger partial charge in [-0.25, -0.2) is 0 Å². The van der Waals surface area contributed by atoms with Crippen molar-refractivity contribution in [2.24, 2.45) is 0 Å². The summed E-state index contributed by atoms with van der Waals surface area (Å²) in [6.45, 7) is 2.06. The highest BCUT2D eigenvalue weighted by Crippen LogP contribution is 2.22. The van der Waals surface area contributed by atoms with Crippen LogP contribution in [0.1, 0.15) is 5.69 Å². The summed E-state index contributed by atoms with van der Waals surface area (Å²) < 4.78 is 0. The number of hydrogen-bond donors (Lipinski definition) is 1. The van der Waals surface area contributed by atoms with Crippen LogP contribution in [-0.2, 0) is 0 Å². The van der Waals surface area contributed by atoms with Gasteiger partial charge in [0, 0.05) is 17.3 Å². The lowest BCUT2D eigenvalue weighted by atomic mass is 10.1. The second kappa shape index (κ2) is 2.58. The van der Waals surface area contributed by atoms with E-state index in [1.165, 1.54) is 22.0 Å². The second-order valence-electron chi connectivity index (χ2n) is 3.55. The Balaban J connectivity index is 2.60. The maximum absolute atomic E-state index is 4.28. The highest BCUT2D eigenvalue weighted by atomic mass is 14.7. The van der Waals surface area contributed by atoms with Gasteiger partial charge in [-0.3, -0.25) is 4.98 Å². The predicted octanol–water partition coefficient (Wildman–Crippen LogP) is 3.02. The molecule has 2 aromatic heterocycles. The molecule has 1 N–H and O–H groups in total. The molecule has 14 heavy (non-hydrogen) atoms. The minimum atomic E-state index is 1.05. The van der Waals surface area contributed by atoms with E-state index in [1.807, 2.05) is 12.3 Å². The van der Waals surface area contributed by atoms with Crippen LogP contribution in [0.5, 0.6) is 0 Å². The van der Waals surface area contributed by atoms with E-state index >= 15 is 0 Å². The third-order valence-corrected chi connectivity index (χ3v) is 2.54. The Morgan fingerprint density at radius 3 is 2.86 bits per heavy atom. The molecule has 0 atom stereocenters. The van der Waals surface area contributed by atoms with Crippen molar-refractivity contribution in [3.63, 3.8) is 0 Å². The van der Waals surface area contributed by atoms with Crippen molar-refractivity contribution in [3.8, 4) is 0 Å². The van der Waals surface area contributed by atoms with Gasteiger partial charge in [0.15, 0.2) is 0 Å². The van der Waals surface area contributed by atoms with Gasteiger partial charge in [-0.2, -0.15) is 0 Å². The fraction of sp³-hybridized carbons (Fsp3) is 0.0833. The van der Waals surface area contributed by atoms with Gasteiger partial charge >= 0.3 is 0 Å². The van der Waals surface area contributed by atoms with Gasteiger partial charge in [0.2, 0.25) is 0 Å². The molecular weight excluding hydrogens is 172 g/mol. The molecule has 0 aliphatic heterocycles.